The lowest BCUT2D eigenvalue weighted by Gasteiger charge is -2.28. The largest absolute Gasteiger partial charge is 0.756 e. The van der Waals surface area contributed by atoms with E-state index in [4.69, 9.17) is 18.5 Å². The van der Waals surface area contributed by atoms with Crippen molar-refractivity contribution in [2.24, 2.45) is 0 Å². The van der Waals surface area contributed by atoms with Crippen LogP contribution in [0.25, 0.3) is 0 Å². The zero-order valence-corrected chi connectivity index (χ0v) is 43.7. The van der Waals surface area contributed by atoms with Crippen LogP contribution in [0.15, 0.2) is 12.2 Å². The van der Waals surface area contributed by atoms with Gasteiger partial charge < -0.3 is 27.9 Å². The fraction of sp³-hybridized carbons (Fsp3) is 0.944. The minimum absolute atomic E-state index is 0.0292. The second kappa shape index (κ2) is 47.7. The van der Waals surface area contributed by atoms with E-state index < -0.39 is 13.9 Å². The second-order valence-electron chi connectivity index (χ2n) is 20.0. The quantitative estimate of drug-likeness (QED) is 0.0197. The molecule has 376 valence electrons. The summed E-state index contributed by atoms with van der Waals surface area (Å²) in [6.07, 6.45) is 55.3. The smallest absolute Gasteiger partial charge is 0.306 e. The zero-order valence-electron chi connectivity index (χ0n) is 42.8. The van der Waals surface area contributed by atoms with Crippen molar-refractivity contribution in [2.75, 3.05) is 54.1 Å². The lowest BCUT2D eigenvalue weighted by Crippen LogP contribution is -2.37. The van der Waals surface area contributed by atoms with Gasteiger partial charge in [-0.15, -0.1) is 0 Å². The maximum absolute atomic E-state index is 12.8. The summed E-state index contributed by atoms with van der Waals surface area (Å²) in [7, 11) is 1.37. The number of carbonyl (C=O) groups is 1. The molecule has 0 heterocycles. The summed E-state index contributed by atoms with van der Waals surface area (Å²) in [5.74, 6) is -0.327. The number of hydrogen-bond donors (Lipinski definition) is 0. The van der Waals surface area contributed by atoms with Crippen molar-refractivity contribution in [1.29, 1.82) is 0 Å². The third-order valence-electron chi connectivity index (χ3n) is 12.3. The van der Waals surface area contributed by atoms with Gasteiger partial charge in [0, 0.05) is 13.0 Å². The van der Waals surface area contributed by atoms with E-state index in [1.54, 1.807) is 0 Å². The highest BCUT2D eigenvalue weighted by Crippen LogP contribution is 2.38. The van der Waals surface area contributed by atoms with Crippen LogP contribution in [0.3, 0.4) is 0 Å². The molecule has 0 aliphatic rings. The van der Waals surface area contributed by atoms with Crippen molar-refractivity contribution in [1.82, 2.24) is 0 Å². The van der Waals surface area contributed by atoms with Crippen molar-refractivity contribution in [3.05, 3.63) is 12.2 Å². The number of nitrogens with zero attached hydrogens (tertiary/aromatic N) is 1. The summed E-state index contributed by atoms with van der Waals surface area (Å²) in [6, 6.07) is 0. The first kappa shape index (κ1) is 62.2. The lowest BCUT2D eigenvalue weighted by molar-refractivity contribution is -0.870. The summed E-state index contributed by atoms with van der Waals surface area (Å²) in [6.45, 7) is 5.47. The number of allylic oxidation sites excluding steroid dienone is 2. The normalized spacial score (nSPS) is 13.6. The second-order valence-corrected chi connectivity index (χ2v) is 21.4. The van der Waals surface area contributed by atoms with Crippen LogP contribution in [-0.2, 0) is 27.9 Å². The van der Waals surface area contributed by atoms with Crippen molar-refractivity contribution in [3.8, 4) is 0 Å². The summed E-state index contributed by atoms with van der Waals surface area (Å²) in [4.78, 5) is 25.2. The van der Waals surface area contributed by atoms with Gasteiger partial charge in [0.25, 0.3) is 7.82 Å². The molecule has 2 unspecified atom stereocenters. The summed E-state index contributed by atoms with van der Waals surface area (Å²) in [5.41, 5.74) is 0. The highest BCUT2D eigenvalue weighted by atomic mass is 31.2. The van der Waals surface area contributed by atoms with Gasteiger partial charge in [-0.3, -0.25) is 9.36 Å². The van der Waals surface area contributed by atoms with E-state index in [0.717, 1.165) is 32.1 Å². The zero-order chi connectivity index (χ0) is 46.2. The number of phosphoric ester groups is 1. The Morgan fingerprint density at radius 1 is 0.476 bits per heavy atom. The van der Waals surface area contributed by atoms with Gasteiger partial charge in [-0.2, -0.15) is 0 Å². The molecule has 0 spiro atoms. The molecule has 0 bridgehead atoms. The van der Waals surface area contributed by atoms with Crippen molar-refractivity contribution < 1.29 is 37.3 Å². The van der Waals surface area contributed by atoms with Crippen LogP contribution in [0.2, 0.25) is 0 Å². The van der Waals surface area contributed by atoms with Crippen LogP contribution in [0.4, 0.5) is 0 Å². The van der Waals surface area contributed by atoms with Crippen LogP contribution in [0, 0.1) is 0 Å². The molecule has 2 atom stereocenters. The Morgan fingerprint density at radius 3 is 1.21 bits per heavy atom. The predicted molar refractivity (Wildman–Crippen MR) is 268 cm³/mol. The van der Waals surface area contributed by atoms with E-state index in [2.05, 4.69) is 26.0 Å². The van der Waals surface area contributed by atoms with Gasteiger partial charge in [0.2, 0.25) is 0 Å². The number of esters is 1. The molecule has 0 aliphatic heterocycles. The third kappa shape index (κ3) is 52.1. The van der Waals surface area contributed by atoms with Gasteiger partial charge in [-0.05, 0) is 38.5 Å². The summed E-state index contributed by atoms with van der Waals surface area (Å²) >= 11 is 0. The molecule has 0 saturated carbocycles. The molecule has 0 radical (unpaired) electrons. The predicted octanol–water partition coefficient (Wildman–Crippen LogP) is 16.3. The van der Waals surface area contributed by atoms with Crippen LogP contribution < -0.4 is 4.89 Å². The van der Waals surface area contributed by atoms with E-state index in [-0.39, 0.29) is 25.8 Å². The first-order chi connectivity index (χ1) is 30.6. The Labute approximate surface area is 392 Å². The molecule has 8 nitrogen and oxygen atoms in total. The van der Waals surface area contributed by atoms with Gasteiger partial charge in [0.15, 0.2) is 0 Å². The number of unbranched alkanes of at least 4 members (excludes halogenated alkanes) is 36. The average molecular weight is 914 g/mol. The summed E-state index contributed by atoms with van der Waals surface area (Å²) in [5, 5.41) is 0. The lowest BCUT2D eigenvalue weighted by atomic mass is 10.0. The minimum atomic E-state index is -4.53. The van der Waals surface area contributed by atoms with Crippen LogP contribution in [0.5, 0.6) is 0 Å². The number of quaternary nitrogens is 1. The maximum Gasteiger partial charge on any atom is 0.306 e. The van der Waals surface area contributed by atoms with Crippen LogP contribution in [0.1, 0.15) is 271 Å². The monoisotopic (exact) mass is 914 g/mol. The fourth-order valence-corrected chi connectivity index (χ4v) is 8.80. The van der Waals surface area contributed by atoms with E-state index >= 15 is 0 Å². The van der Waals surface area contributed by atoms with Gasteiger partial charge in [-0.25, -0.2) is 0 Å². The Kier molecular flexibility index (Phi) is 47.1. The highest BCUT2D eigenvalue weighted by Gasteiger charge is 2.20. The molecule has 0 aliphatic carbocycles. The Morgan fingerprint density at radius 2 is 0.825 bits per heavy atom. The number of likely N-dealkylation sites (N-methyl/N-ethyl adjacent to an activating group) is 1. The van der Waals surface area contributed by atoms with Crippen molar-refractivity contribution in [2.45, 2.75) is 277 Å². The minimum Gasteiger partial charge on any atom is -0.756 e. The fourth-order valence-electron chi connectivity index (χ4n) is 8.07. The molecule has 0 saturated heterocycles. The Bertz CT molecular complexity index is 1020. The van der Waals surface area contributed by atoms with Crippen LogP contribution in [-0.4, -0.2) is 70.7 Å². The molecular weight excluding hydrogens is 806 g/mol. The standard InChI is InChI=1S/C54H108NO7P/c1-6-8-10-12-14-16-18-20-22-24-26-27-28-29-30-31-33-35-37-39-41-43-45-47-54(56)62-53(52-61-63(57,58)60-50-48-55(3,4)5)51-59-49-46-44-42-40-38-36-34-32-25-23-21-19-17-15-13-11-9-7-2/h21,23,53H,6-20,22,24-52H2,1-5H3/b23-21-. The summed E-state index contributed by atoms with van der Waals surface area (Å²) < 4.78 is 34.8. The number of phosphoric acid groups is 1. The van der Waals surface area contributed by atoms with E-state index in [1.807, 2.05) is 21.1 Å². The number of carbonyl (C=O) groups excluding carboxylic acids is 1. The molecular formula is C54H108NO7P. The molecule has 0 aromatic carbocycles. The molecule has 0 rings (SSSR count). The molecule has 0 aromatic heterocycles. The molecule has 9 heteroatoms. The van der Waals surface area contributed by atoms with Gasteiger partial charge in [0.05, 0.1) is 34.4 Å². The number of ether oxygens (including phenoxy) is 2. The van der Waals surface area contributed by atoms with Crippen LogP contribution >= 0.6 is 7.82 Å². The maximum atomic E-state index is 12.8. The molecule has 0 amide bonds. The van der Waals surface area contributed by atoms with Crippen molar-refractivity contribution in [3.63, 3.8) is 0 Å². The Balaban J connectivity index is 4.05. The first-order valence-electron chi connectivity index (χ1n) is 27.4. The van der Waals surface area contributed by atoms with E-state index in [9.17, 15) is 14.3 Å². The SMILES string of the molecule is CCCCCCCC/C=C\CCCCCCCCCCOCC(COP(=O)([O-])OCC[N+](C)(C)C)OC(=O)CCCCCCCCCCCCCCCCCCCCCCCCC. The third-order valence-corrected chi connectivity index (χ3v) is 13.3. The molecule has 0 N–H and O–H groups in total. The van der Waals surface area contributed by atoms with E-state index in [1.165, 1.54) is 218 Å². The first-order valence-corrected chi connectivity index (χ1v) is 28.9. The molecule has 0 fully saturated rings. The number of hydrogen-bond acceptors (Lipinski definition) is 7. The van der Waals surface area contributed by atoms with Gasteiger partial charge in [-0.1, -0.05) is 238 Å². The van der Waals surface area contributed by atoms with Gasteiger partial charge in [0.1, 0.15) is 19.3 Å². The van der Waals surface area contributed by atoms with E-state index in [0.29, 0.717) is 24.1 Å². The van der Waals surface area contributed by atoms with Crippen molar-refractivity contribution >= 4 is 13.8 Å². The van der Waals surface area contributed by atoms with Gasteiger partial charge >= 0.3 is 5.97 Å². The average Bonchev–Trinajstić information content (AvgIpc) is 3.24. The highest BCUT2D eigenvalue weighted by molar-refractivity contribution is 7.45. The number of rotatable bonds is 52. The molecule has 63 heavy (non-hydrogen) atoms. The molecule has 0 aromatic rings. The Hall–Kier alpha value is -0.760. The topological polar surface area (TPSA) is 94.1 Å².